The van der Waals surface area contributed by atoms with Crippen LogP contribution in [0.25, 0.3) is 0 Å². The van der Waals surface area contributed by atoms with Crippen LogP contribution in [-0.2, 0) is 9.59 Å². The summed E-state index contributed by atoms with van der Waals surface area (Å²) in [6.45, 7) is 6.93. The molecule has 0 heterocycles. The Morgan fingerprint density at radius 2 is 1.68 bits per heavy atom. The lowest BCUT2D eigenvalue weighted by Crippen LogP contribution is -2.31. The van der Waals surface area contributed by atoms with E-state index in [2.05, 4.69) is 19.2 Å². The molecule has 0 fully saturated rings. The number of ketones is 1. The highest BCUT2D eigenvalue weighted by atomic mass is 16.2. The first-order chi connectivity index (χ1) is 9.15. The summed E-state index contributed by atoms with van der Waals surface area (Å²) in [6.07, 6.45) is 8.41. The van der Waals surface area contributed by atoms with E-state index in [9.17, 15) is 9.59 Å². The quantitative estimate of drug-likeness (QED) is 0.547. The van der Waals surface area contributed by atoms with E-state index in [1.54, 1.807) is 0 Å². The number of amides is 1. The molecule has 1 unspecified atom stereocenters. The lowest BCUT2D eigenvalue weighted by molar-refractivity contribution is -0.126. The Hall–Kier alpha value is -0.860. The van der Waals surface area contributed by atoms with Gasteiger partial charge in [-0.15, -0.1) is 0 Å². The molecular formula is C16H31NO2. The summed E-state index contributed by atoms with van der Waals surface area (Å²) in [6, 6.07) is 0. The van der Waals surface area contributed by atoms with Crippen LogP contribution in [0.1, 0.15) is 78.6 Å². The standard InChI is InChI=1S/C16H31NO2/c1-4-7-8-9-13-17-16(19)14(10-5-2)11-12-15(18)6-3/h14H,4-13H2,1-3H3,(H,17,19). The monoisotopic (exact) mass is 269 g/mol. The third-order valence-electron chi connectivity index (χ3n) is 3.50. The van der Waals surface area contributed by atoms with Gasteiger partial charge in [0.05, 0.1) is 0 Å². The van der Waals surface area contributed by atoms with Crippen LogP contribution >= 0.6 is 0 Å². The zero-order valence-corrected chi connectivity index (χ0v) is 13.0. The molecule has 0 bridgehead atoms. The number of carbonyl (C=O) groups excluding carboxylic acids is 2. The van der Waals surface area contributed by atoms with Crippen LogP contribution < -0.4 is 5.32 Å². The Kier molecular flexibility index (Phi) is 11.6. The second-order valence-corrected chi connectivity index (χ2v) is 5.27. The van der Waals surface area contributed by atoms with Crippen LogP contribution in [0.15, 0.2) is 0 Å². The first-order valence-corrected chi connectivity index (χ1v) is 7.95. The lowest BCUT2D eigenvalue weighted by Gasteiger charge is -2.15. The molecule has 0 radical (unpaired) electrons. The maximum absolute atomic E-state index is 12.0. The predicted molar refractivity (Wildman–Crippen MR) is 80.1 cm³/mol. The van der Waals surface area contributed by atoms with Crippen LogP contribution in [0.2, 0.25) is 0 Å². The molecule has 0 aromatic rings. The van der Waals surface area contributed by atoms with Gasteiger partial charge in [-0.1, -0.05) is 46.5 Å². The number of nitrogens with one attached hydrogen (secondary N) is 1. The molecule has 0 spiro atoms. The van der Waals surface area contributed by atoms with Crippen molar-refractivity contribution in [3.05, 3.63) is 0 Å². The molecule has 0 aliphatic heterocycles. The van der Waals surface area contributed by atoms with Crippen LogP contribution in [0.4, 0.5) is 0 Å². The molecule has 19 heavy (non-hydrogen) atoms. The van der Waals surface area contributed by atoms with Crippen molar-refractivity contribution < 1.29 is 9.59 Å². The summed E-state index contributed by atoms with van der Waals surface area (Å²) in [5.74, 6) is 0.422. The largest absolute Gasteiger partial charge is 0.356 e. The molecule has 0 aromatic carbocycles. The highest BCUT2D eigenvalue weighted by Crippen LogP contribution is 2.14. The Morgan fingerprint density at radius 3 is 2.26 bits per heavy atom. The lowest BCUT2D eigenvalue weighted by atomic mass is 9.95. The molecule has 0 aliphatic carbocycles. The Morgan fingerprint density at radius 1 is 0.947 bits per heavy atom. The fraction of sp³-hybridized carbons (Fsp3) is 0.875. The normalized spacial score (nSPS) is 12.2. The minimum absolute atomic E-state index is 0.0201. The van der Waals surface area contributed by atoms with Crippen molar-refractivity contribution in [1.82, 2.24) is 5.32 Å². The molecule has 0 aromatic heterocycles. The Labute approximate surface area is 118 Å². The molecule has 0 saturated carbocycles. The van der Waals surface area contributed by atoms with E-state index >= 15 is 0 Å². The molecule has 0 saturated heterocycles. The Bertz CT molecular complexity index is 251. The van der Waals surface area contributed by atoms with Gasteiger partial charge in [-0.3, -0.25) is 9.59 Å². The molecule has 3 nitrogen and oxygen atoms in total. The van der Waals surface area contributed by atoms with Gasteiger partial charge in [0.25, 0.3) is 0 Å². The van der Waals surface area contributed by atoms with E-state index in [0.717, 1.165) is 25.8 Å². The summed E-state index contributed by atoms with van der Waals surface area (Å²) in [4.78, 5) is 23.4. The number of hydrogen-bond donors (Lipinski definition) is 1. The smallest absolute Gasteiger partial charge is 0.223 e. The zero-order chi connectivity index (χ0) is 14.5. The van der Waals surface area contributed by atoms with Crippen LogP contribution in [0.3, 0.4) is 0 Å². The minimum Gasteiger partial charge on any atom is -0.356 e. The second kappa shape index (κ2) is 12.2. The summed E-state index contributed by atoms with van der Waals surface area (Å²) < 4.78 is 0. The number of hydrogen-bond acceptors (Lipinski definition) is 2. The van der Waals surface area contributed by atoms with Gasteiger partial charge >= 0.3 is 0 Å². The van der Waals surface area contributed by atoms with Gasteiger partial charge in [0, 0.05) is 25.3 Å². The predicted octanol–water partition coefficient (Wildman–Crippen LogP) is 3.86. The summed E-state index contributed by atoms with van der Waals surface area (Å²) in [7, 11) is 0. The molecule has 3 heteroatoms. The number of carbonyl (C=O) groups is 2. The van der Waals surface area contributed by atoms with Gasteiger partial charge in [-0.2, -0.15) is 0 Å². The number of rotatable bonds is 12. The summed E-state index contributed by atoms with van der Waals surface area (Å²) in [5.41, 5.74) is 0. The van der Waals surface area contributed by atoms with Crippen LogP contribution in [0, 0.1) is 5.92 Å². The summed E-state index contributed by atoms with van der Waals surface area (Å²) in [5, 5.41) is 3.02. The second-order valence-electron chi connectivity index (χ2n) is 5.27. The molecule has 1 N–H and O–H groups in total. The van der Waals surface area contributed by atoms with Gasteiger partial charge in [0.15, 0.2) is 0 Å². The van der Waals surface area contributed by atoms with E-state index < -0.39 is 0 Å². The third kappa shape index (κ3) is 9.69. The topological polar surface area (TPSA) is 46.2 Å². The molecule has 112 valence electrons. The average Bonchev–Trinajstić information content (AvgIpc) is 2.42. The molecule has 1 amide bonds. The fourth-order valence-electron chi connectivity index (χ4n) is 2.17. The minimum atomic E-state index is 0.0201. The molecule has 1 atom stereocenters. The molecule has 0 aliphatic rings. The van der Waals surface area contributed by atoms with Gasteiger partial charge in [-0.25, -0.2) is 0 Å². The van der Waals surface area contributed by atoms with Gasteiger partial charge in [0.2, 0.25) is 5.91 Å². The first kappa shape index (κ1) is 18.1. The van der Waals surface area contributed by atoms with E-state index in [-0.39, 0.29) is 17.6 Å². The highest BCUT2D eigenvalue weighted by molar-refractivity contribution is 5.81. The molecular weight excluding hydrogens is 238 g/mol. The first-order valence-electron chi connectivity index (χ1n) is 7.95. The summed E-state index contributed by atoms with van der Waals surface area (Å²) >= 11 is 0. The van der Waals surface area contributed by atoms with Gasteiger partial charge in [-0.05, 0) is 19.3 Å². The van der Waals surface area contributed by atoms with Crippen molar-refractivity contribution in [3.63, 3.8) is 0 Å². The van der Waals surface area contributed by atoms with E-state index in [0.29, 0.717) is 19.3 Å². The maximum atomic E-state index is 12.0. The number of unbranched alkanes of at least 4 members (excludes halogenated alkanes) is 3. The van der Waals surface area contributed by atoms with Crippen LogP contribution in [-0.4, -0.2) is 18.2 Å². The SMILES string of the molecule is CCCCCCNC(=O)C(CCC)CCC(=O)CC. The Balaban J connectivity index is 3.93. The average molecular weight is 269 g/mol. The van der Waals surface area contributed by atoms with Crippen molar-refractivity contribution in [2.45, 2.75) is 78.6 Å². The molecule has 0 rings (SSSR count). The zero-order valence-electron chi connectivity index (χ0n) is 13.0. The highest BCUT2D eigenvalue weighted by Gasteiger charge is 2.17. The van der Waals surface area contributed by atoms with Gasteiger partial charge in [0.1, 0.15) is 5.78 Å². The van der Waals surface area contributed by atoms with Crippen molar-refractivity contribution in [3.8, 4) is 0 Å². The van der Waals surface area contributed by atoms with Crippen LogP contribution in [0.5, 0.6) is 0 Å². The van der Waals surface area contributed by atoms with E-state index in [1.807, 2.05) is 6.92 Å². The fourth-order valence-corrected chi connectivity index (χ4v) is 2.17. The van der Waals surface area contributed by atoms with Gasteiger partial charge < -0.3 is 5.32 Å². The third-order valence-corrected chi connectivity index (χ3v) is 3.50. The van der Waals surface area contributed by atoms with Crippen molar-refractivity contribution in [2.24, 2.45) is 5.92 Å². The maximum Gasteiger partial charge on any atom is 0.223 e. The van der Waals surface area contributed by atoms with Crippen molar-refractivity contribution in [1.29, 1.82) is 0 Å². The van der Waals surface area contributed by atoms with Crippen molar-refractivity contribution >= 4 is 11.7 Å². The van der Waals surface area contributed by atoms with E-state index in [4.69, 9.17) is 0 Å². The van der Waals surface area contributed by atoms with E-state index in [1.165, 1.54) is 19.3 Å². The number of Topliss-reactive ketones (excluding diaryl/α,β-unsaturated/α-hetero) is 1. The van der Waals surface area contributed by atoms with Crippen molar-refractivity contribution in [2.75, 3.05) is 6.54 Å².